The third-order valence-corrected chi connectivity index (χ3v) is 5.20. The molecule has 0 atom stereocenters. The maximum Gasteiger partial charge on any atom is 0.226 e. The van der Waals surface area contributed by atoms with Gasteiger partial charge in [-0.2, -0.15) is 15.2 Å². The van der Waals surface area contributed by atoms with Crippen molar-refractivity contribution in [2.45, 2.75) is 39.3 Å². The van der Waals surface area contributed by atoms with Crippen LogP contribution in [0.25, 0.3) is 11.0 Å². The Hall–Kier alpha value is -2.47. The molecule has 3 aromatic rings. The maximum atomic E-state index is 8.96. The number of nitriles is 1. The Morgan fingerprint density at radius 3 is 2.56 bits per heavy atom. The standard InChI is InChI=1S/C20H21IN6/c1-3-16(4-2)24-20-25-18-17(6-5-11-23-18)19(26-20)27(21)13-15-9-7-14(12-22)8-10-15/h5-11,16H,3-4,13H2,1-2H3,(H,23,24,25,26). The molecule has 0 unspecified atom stereocenters. The van der Waals surface area contributed by atoms with Gasteiger partial charge in [-0.1, -0.05) is 26.0 Å². The average molecular weight is 472 g/mol. The Morgan fingerprint density at radius 1 is 1.15 bits per heavy atom. The Bertz CT molecular complexity index is 947. The molecule has 1 aromatic carbocycles. The molecule has 0 aliphatic carbocycles. The summed E-state index contributed by atoms with van der Waals surface area (Å²) in [7, 11) is 0. The van der Waals surface area contributed by atoms with Crippen molar-refractivity contribution in [1.82, 2.24) is 15.0 Å². The number of aromatic nitrogens is 3. The minimum absolute atomic E-state index is 0.334. The molecule has 3 rings (SSSR count). The van der Waals surface area contributed by atoms with Crippen LogP contribution in [0.1, 0.15) is 37.8 Å². The van der Waals surface area contributed by atoms with Crippen molar-refractivity contribution < 1.29 is 0 Å². The predicted molar refractivity (Wildman–Crippen MR) is 117 cm³/mol. The molecule has 0 radical (unpaired) electrons. The second-order valence-electron chi connectivity index (χ2n) is 6.23. The van der Waals surface area contributed by atoms with Gasteiger partial charge in [0.1, 0.15) is 0 Å². The summed E-state index contributed by atoms with van der Waals surface area (Å²) in [5.41, 5.74) is 2.44. The van der Waals surface area contributed by atoms with Gasteiger partial charge in [-0.25, -0.2) is 4.98 Å². The summed E-state index contributed by atoms with van der Waals surface area (Å²) in [5.74, 6) is 1.43. The minimum Gasteiger partial charge on any atom is -0.351 e. The first-order valence-electron chi connectivity index (χ1n) is 8.96. The van der Waals surface area contributed by atoms with E-state index >= 15 is 0 Å². The highest BCUT2D eigenvalue weighted by atomic mass is 127. The van der Waals surface area contributed by atoms with Crippen molar-refractivity contribution in [2.75, 3.05) is 8.43 Å². The molecule has 0 aliphatic heterocycles. The molecule has 138 valence electrons. The van der Waals surface area contributed by atoms with Crippen molar-refractivity contribution in [3.05, 3.63) is 53.7 Å². The second-order valence-corrected chi connectivity index (χ2v) is 7.40. The molecule has 1 N–H and O–H groups in total. The van der Waals surface area contributed by atoms with Crippen LogP contribution in [-0.4, -0.2) is 21.0 Å². The van der Waals surface area contributed by atoms with Gasteiger partial charge in [0, 0.05) is 12.2 Å². The number of anilines is 2. The van der Waals surface area contributed by atoms with E-state index in [4.69, 9.17) is 10.2 Å². The Labute approximate surface area is 173 Å². The van der Waals surface area contributed by atoms with E-state index in [1.54, 1.807) is 6.20 Å². The molecule has 2 aromatic heterocycles. The lowest BCUT2D eigenvalue weighted by Gasteiger charge is -2.20. The molecular weight excluding hydrogens is 451 g/mol. The molecule has 0 bridgehead atoms. The predicted octanol–water partition coefficient (Wildman–Crippen LogP) is 4.85. The Balaban J connectivity index is 1.94. The lowest BCUT2D eigenvalue weighted by molar-refractivity contribution is 0.665. The van der Waals surface area contributed by atoms with Gasteiger partial charge in [-0.05, 0) is 42.7 Å². The molecular formula is C20H21IN6. The Kier molecular flexibility index (Phi) is 6.40. The lowest BCUT2D eigenvalue weighted by atomic mass is 10.1. The zero-order chi connectivity index (χ0) is 19.2. The van der Waals surface area contributed by atoms with E-state index in [1.165, 1.54) is 0 Å². The highest BCUT2D eigenvalue weighted by molar-refractivity contribution is 14.1. The van der Waals surface area contributed by atoms with Gasteiger partial charge >= 0.3 is 0 Å². The van der Waals surface area contributed by atoms with Gasteiger partial charge in [-0.15, -0.1) is 0 Å². The monoisotopic (exact) mass is 472 g/mol. The summed E-state index contributed by atoms with van der Waals surface area (Å²) in [4.78, 5) is 13.8. The maximum absolute atomic E-state index is 8.96. The van der Waals surface area contributed by atoms with Crippen molar-refractivity contribution in [1.29, 1.82) is 5.26 Å². The first-order valence-corrected chi connectivity index (χ1v) is 9.92. The van der Waals surface area contributed by atoms with Gasteiger partial charge in [-0.3, -0.25) is 3.11 Å². The van der Waals surface area contributed by atoms with Crippen molar-refractivity contribution in [3.63, 3.8) is 0 Å². The highest BCUT2D eigenvalue weighted by Crippen LogP contribution is 2.28. The summed E-state index contributed by atoms with van der Waals surface area (Å²) in [5, 5.41) is 13.3. The minimum atomic E-state index is 0.334. The molecule has 7 heteroatoms. The van der Waals surface area contributed by atoms with Crippen molar-refractivity contribution >= 4 is 45.7 Å². The summed E-state index contributed by atoms with van der Waals surface area (Å²) in [6.07, 6.45) is 3.77. The number of benzene rings is 1. The number of hydrogen-bond donors (Lipinski definition) is 1. The fourth-order valence-electron chi connectivity index (χ4n) is 2.79. The molecule has 0 spiro atoms. The van der Waals surface area contributed by atoms with E-state index in [0.29, 0.717) is 29.7 Å². The fraction of sp³-hybridized carbons (Fsp3) is 0.300. The zero-order valence-electron chi connectivity index (χ0n) is 15.4. The van der Waals surface area contributed by atoms with Crippen LogP contribution in [0.3, 0.4) is 0 Å². The van der Waals surface area contributed by atoms with Crippen molar-refractivity contribution in [3.8, 4) is 6.07 Å². The van der Waals surface area contributed by atoms with E-state index in [1.807, 2.05) is 36.4 Å². The summed E-state index contributed by atoms with van der Waals surface area (Å²) >= 11 is 2.27. The summed E-state index contributed by atoms with van der Waals surface area (Å²) in [6.45, 7) is 4.96. The van der Waals surface area contributed by atoms with Crippen LogP contribution in [0, 0.1) is 11.3 Å². The van der Waals surface area contributed by atoms with Crippen molar-refractivity contribution in [2.24, 2.45) is 0 Å². The SMILES string of the molecule is CCC(CC)Nc1nc(N(I)Cc2ccc(C#N)cc2)c2cccnc2n1. The smallest absolute Gasteiger partial charge is 0.226 e. The van der Waals surface area contributed by atoms with Gasteiger partial charge in [0.05, 0.1) is 46.4 Å². The van der Waals surface area contributed by atoms with E-state index < -0.39 is 0 Å². The van der Waals surface area contributed by atoms with Crippen LogP contribution < -0.4 is 8.43 Å². The van der Waals surface area contributed by atoms with E-state index in [-0.39, 0.29) is 0 Å². The fourth-order valence-corrected chi connectivity index (χ4v) is 3.55. The van der Waals surface area contributed by atoms with Crippen LogP contribution in [-0.2, 0) is 6.54 Å². The molecule has 0 saturated carbocycles. The number of pyridine rings is 1. The molecule has 0 fully saturated rings. The molecule has 27 heavy (non-hydrogen) atoms. The van der Waals surface area contributed by atoms with Crippen LogP contribution in [0.2, 0.25) is 0 Å². The van der Waals surface area contributed by atoms with Crippen LogP contribution >= 0.6 is 22.9 Å². The van der Waals surface area contributed by atoms with E-state index in [0.717, 1.165) is 29.6 Å². The number of fused-ring (bicyclic) bond motifs is 1. The average Bonchev–Trinajstić information content (AvgIpc) is 2.71. The molecule has 2 heterocycles. The van der Waals surface area contributed by atoms with Gasteiger partial charge in [0.25, 0.3) is 0 Å². The largest absolute Gasteiger partial charge is 0.351 e. The Morgan fingerprint density at radius 2 is 1.89 bits per heavy atom. The summed E-state index contributed by atoms with van der Waals surface area (Å²) < 4.78 is 2.06. The third-order valence-electron chi connectivity index (χ3n) is 4.40. The molecule has 0 aliphatic rings. The topological polar surface area (TPSA) is 77.7 Å². The van der Waals surface area contributed by atoms with Crippen LogP contribution in [0.4, 0.5) is 11.8 Å². The number of nitrogens with zero attached hydrogens (tertiary/aromatic N) is 5. The number of rotatable bonds is 7. The second kappa shape index (κ2) is 8.95. The third kappa shape index (κ3) is 4.63. The first-order chi connectivity index (χ1) is 13.1. The lowest BCUT2D eigenvalue weighted by Crippen LogP contribution is -2.20. The molecule has 0 saturated heterocycles. The number of hydrogen-bond acceptors (Lipinski definition) is 6. The van der Waals surface area contributed by atoms with Crippen LogP contribution in [0.15, 0.2) is 42.6 Å². The number of halogens is 1. The van der Waals surface area contributed by atoms with Gasteiger partial charge in [0.2, 0.25) is 5.95 Å². The summed E-state index contributed by atoms with van der Waals surface area (Å²) in [6, 6.07) is 14.0. The highest BCUT2D eigenvalue weighted by Gasteiger charge is 2.15. The van der Waals surface area contributed by atoms with E-state index in [9.17, 15) is 0 Å². The normalized spacial score (nSPS) is 10.8. The number of nitrogens with one attached hydrogen (secondary N) is 1. The van der Waals surface area contributed by atoms with Crippen LogP contribution in [0.5, 0.6) is 0 Å². The molecule has 6 nitrogen and oxygen atoms in total. The van der Waals surface area contributed by atoms with E-state index in [2.05, 4.69) is 61.2 Å². The van der Waals surface area contributed by atoms with Gasteiger partial charge < -0.3 is 5.32 Å². The van der Waals surface area contributed by atoms with Gasteiger partial charge in [0.15, 0.2) is 11.5 Å². The quantitative estimate of drug-likeness (QED) is 0.391. The first kappa shape index (κ1) is 19.3. The molecule has 0 amide bonds. The zero-order valence-corrected chi connectivity index (χ0v) is 17.5.